The molecule has 0 spiro atoms. The van der Waals surface area contributed by atoms with Crippen LogP contribution in [-0.4, -0.2) is 51.2 Å². The summed E-state index contributed by atoms with van der Waals surface area (Å²) in [6.45, 7) is 3.60. The Labute approximate surface area is 223 Å². The molecule has 11 heteroatoms. The number of rotatable bonds is 7. The summed E-state index contributed by atoms with van der Waals surface area (Å²) in [5.74, 6) is 1.40. The highest BCUT2D eigenvalue weighted by molar-refractivity contribution is 5.95. The van der Waals surface area contributed by atoms with Crippen LogP contribution in [0.5, 0.6) is 0 Å². The predicted octanol–water partition coefficient (Wildman–Crippen LogP) is 4.87. The first-order valence-electron chi connectivity index (χ1n) is 13.2. The van der Waals surface area contributed by atoms with Crippen LogP contribution >= 0.6 is 0 Å². The molecular weight excluding hydrogens is 495 g/mol. The van der Waals surface area contributed by atoms with Crippen LogP contribution in [0, 0.1) is 18.7 Å². The van der Waals surface area contributed by atoms with Gasteiger partial charge >= 0.3 is 0 Å². The second-order valence-electron chi connectivity index (χ2n) is 10.2. The summed E-state index contributed by atoms with van der Waals surface area (Å²) < 4.78 is 17.9. The SMILES string of the molecule is Cc1cn(-c2nccc3[nH]c(-c4[nH]nc5ncc(-c6cncc(CNCC7CCCC7)c6)c(F)c45)nc23)cn1. The Balaban J connectivity index is 1.23. The first-order chi connectivity index (χ1) is 19.1. The highest BCUT2D eigenvalue weighted by Crippen LogP contribution is 2.33. The molecule has 0 unspecified atom stereocenters. The summed E-state index contributed by atoms with van der Waals surface area (Å²) in [6, 6.07) is 3.79. The van der Waals surface area contributed by atoms with Gasteiger partial charge in [-0.1, -0.05) is 12.8 Å². The molecule has 196 valence electrons. The molecule has 39 heavy (non-hydrogen) atoms. The van der Waals surface area contributed by atoms with Crippen LogP contribution in [0.3, 0.4) is 0 Å². The maximum absolute atomic E-state index is 16.1. The molecule has 0 saturated heterocycles. The maximum atomic E-state index is 16.1. The Morgan fingerprint density at radius 2 is 2.03 bits per heavy atom. The van der Waals surface area contributed by atoms with Gasteiger partial charge in [0.2, 0.25) is 0 Å². The molecule has 1 fully saturated rings. The van der Waals surface area contributed by atoms with Gasteiger partial charge in [0.25, 0.3) is 0 Å². The summed E-state index contributed by atoms with van der Waals surface area (Å²) >= 11 is 0. The van der Waals surface area contributed by atoms with Crippen molar-refractivity contribution < 1.29 is 4.39 Å². The molecule has 1 aliphatic carbocycles. The van der Waals surface area contributed by atoms with Crippen LogP contribution in [0.25, 0.3) is 50.5 Å². The van der Waals surface area contributed by atoms with Gasteiger partial charge in [0.05, 0.1) is 16.6 Å². The van der Waals surface area contributed by atoms with Crippen molar-refractivity contribution in [3.8, 4) is 28.5 Å². The Bertz CT molecular complexity index is 1790. The Morgan fingerprint density at radius 3 is 2.87 bits per heavy atom. The van der Waals surface area contributed by atoms with Crippen LogP contribution in [0.2, 0.25) is 0 Å². The average molecular weight is 523 g/mol. The fourth-order valence-corrected chi connectivity index (χ4v) is 5.46. The van der Waals surface area contributed by atoms with E-state index in [0.29, 0.717) is 40.5 Å². The highest BCUT2D eigenvalue weighted by atomic mass is 19.1. The third-order valence-corrected chi connectivity index (χ3v) is 7.44. The average Bonchev–Trinajstić information content (AvgIpc) is 3.75. The number of pyridine rings is 3. The molecule has 6 aromatic heterocycles. The number of hydrogen-bond acceptors (Lipinski definition) is 7. The summed E-state index contributed by atoms with van der Waals surface area (Å²) in [6.07, 6.45) is 15.5. The zero-order chi connectivity index (χ0) is 26.3. The number of halogens is 1. The number of fused-ring (bicyclic) bond motifs is 2. The molecule has 0 bridgehead atoms. The van der Waals surface area contributed by atoms with Gasteiger partial charge in [-0.15, -0.1) is 0 Å². The minimum atomic E-state index is -0.425. The van der Waals surface area contributed by atoms with Gasteiger partial charge in [-0.25, -0.2) is 24.3 Å². The molecule has 0 amide bonds. The van der Waals surface area contributed by atoms with E-state index in [1.54, 1.807) is 18.7 Å². The molecule has 0 radical (unpaired) electrons. The zero-order valence-corrected chi connectivity index (χ0v) is 21.4. The van der Waals surface area contributed by atoms with E-state index in [4.69, 9.17) is 4.98 Å². The Hall–Kier alpha value is -4.51. The Kier molecular flexibility index (Phi) is 5.85. The standard InChI is InChI=1S/C28H27FN10/c1-16-14-39(15-34-16)28-24-21(6-7-32-28)35-27(36-24)25-22-23(29)20(13-33-26(22)38-37-25)19-8-18(11-31-12-19)10-30-9-17-4-2-3-5-17/h6-8,11-15,17,30H,2-5,9-10H2,1H3,(H,35,36)(H,33,37,38). The molecule has 1 saturated carbocycles. The molecule has 0 aliphatic heterocycles. The molecule has 3 N–H and O–H groups in total. The fraction of sp³-hybridized carbons (Fsp3) is 0.286. The maximum Gasteiger partial charge on any atom is 0.184 e. The van der Waals surface area contributed by atoms with E-state index in [1.165, 1.54) is 31.9 Å². The monoisotopic (exact) mass is 522 g/mol. The fourth-order valence-electron chi connectivity index (χ4n) is 5.46. The number of aryl methyl sites for hydroxylation is 1. The first-order valence-corrected chi connectivity index (χ1v) is 13.2. The third-order valence-electron chi connectivity index (χ3n) is 7.44. The van der Waals surface area contributed by atoms with E-state index in [9.17, 15) is 0 Å². The van der Waals surface area contributed by atoms with E-state index in [1.807, 2.05) is 36.0 Å². The lowest BCUT2D eigenvalue weighted by molar-refractivity contribution is 0.489. The van der Waals surface area contributed by atoms with E-state index >= 15 is 4.39 Å². The van der Waals surface area contributed by atoms with Crippen molar-refractivity contribution in [2.75, 3.05) is 6.54 Å². The lowest BCUT2D eigenvalue weighted by Gasteiger charge is -2.11. The number of imidazole rings is 2. The van der Waals surface area contributed by atoms with Crippen LogP contribution < -0.4 is 5.32 Å². The number of aromatic amines is 2. The van der Waals surface area contributed by atoms with Gasteiger partial charge in [0, 0.05) is 48.7 Å². The molecule has 0 aromatic carbocycles. The van der Waals surface area contributed by atoms with E-state index in [0.717, 1.165) is 29.2 Å². The van der Waals surface area contributed by atoms with Crippen LogP contribution in [0.15, 0.2) is 49.4 Å². The van der Waals surface area contributed by atoms with Crippen LogP contribution in [-0.2, 0) is 6.54 Å². The number of H-pyrrole nitrogens is 2. The number of nitrogens with zero attached hydrogens (tertiary/aromatic N) is 7. The number of hydrogen-bond donors (Lipinski definition) is 3. The summed E-state index contributed by atoms with van der Waals surface area (Å²) in [7, 11) is 0. The normalized spacial score (nSPS) is 14.2. The Morgan fingerprint density at radius 1 is 1.13 bits per heavy atom. The molecular formula is C28H27FN10. The van der Waals surface area contributed by atoms with Crippen LogP contribution in [0.4, 0.5) is 4.39 Å². The van der Waals surface area contributed by atoms with Crippen molar-refractivity contribution in [3.63, 3.8) is 0 Å². The molecule has 7 rings (SSSR count). The minimum absolute atomic E-state index is 0.268. The zero-order valence-electron chi connectivity index (χ0n) is 21.4. The highest BCUT2D eigenvalue weighted by Gasteiger charge is 2.21. The predicted molar refractivity (Wildman–Crippen MR) is 145 cm³/mol. The van der Waals surface area contributed by atoms with Crippen molar-refractivity contribution in [2.45, 2.75) is 39.2 Å². The molecule has 6 heterocycles. The van der Waals surface area contributed by atoms with E-state index < -0.39 is 5.82 Å². The smallest absolute Gasteiger partial charge is 0.184 e. The van der Waals surface area contributed by atoms with Crippen molar-refractivity contribution >= 4 is 22.1 Å². The quantitative estimate of drug-likeness (QED) is 0.273. The number of aromatic nitrogens is 9. The van der Waals surface area contributed by atoms with Gasteiger partial charge < -0.3 is 10.3 Å². The topological polar surface area (TPSA) is 126 Å². The van der Waals surface area contributed by atoms with Crippen molar-refractivity contribution in [2.24, 2.45) is 5.92 Å². The van der Waals surface area contributed by atoms with Gasteiger partial charge in [0.1, 0.15) is 23.4 Å². The molecule has 6 aromatic rings. The summed E-state index contributed by atoms with van der Waals surface area (Å²) in [5.41, 5.74) is 5.00. The van der Waals surface area contributed by atoms with Gasteiger partial charge in [0.15, 0.2) is 17.3 Å². The lowest BCUT2D eigenvalue weighted by atomic mass is 10.0. The second kappa shape index (κ2) is 9.66. The third kappa shape index (κ3) is 4.34. The van der Waals surface area contributed by atoms with Crippen molar-refractivity contribution in [1.29, 1.82) is 0 Å². The van der Waals surface area contributed by atoms with Crippen molar-refractivity contribution in [1.82, 2.24) is 50.0 Å². The second-order valence-corrected chi connectivity index (χ2v) is 10.2. The molecule has 1 aliphatic rings. The van der Waals surface area contributed by atoms with E-state index in [-0.39, 0.29) is 11.0 Å². The summed E-state index contributed by atoms with van der Waals surface area (Å²) in [5, 5.41) is 11.0. The van der Waals surface area contributed by atoms with Crippen LogP contribution in [0.1, 0.15) is 36.9 Å². The first kappa shape index (κ1) is 23.6. The van der Waals surface area contributed by atoms with Gasteiger partial charge in [-0.3, -0.25) is 14.6 Å². The van der Waals surface area contributed by atoms with E-state index in [2.05, 4.69) is 40.4 Å². The van der Waals surface area contributed by atoms with Gasteiger partial charge in [-0.2, -0.15) is 5.10 Å². The number of nitrogens with one attached hydrogen (secondary N) is 3. The largest absolute Gasteiger partial charge is 0.336 e. The minimum Gasteiger partial charge on any atom is -0.336 e. The van der Waals surface area contributed by atoms with Gasteiger partial charge in [-0.05, 0) is 49.9 Å². The molecule has 0 atom stereocenters. The molecule has 10 nitrogen and oxygen atoms in total. The summed E-state index contributed by atoms with van der Waals surface area (Å²) in [4.78, 5) is 25.6. The van der Waals surface area contributed by atoms with Crippen molar-refractivity contribution in [3.05, 3.63) is 66.5 Å². The lowest BCUT2D eigenvalue weighted by Crippen LogP contribution is -2.20.